The molecular formula is C21H18B5N3O. The number of nitrogens with zero attached hydrogens (tertiary/aromatic N) is 3. The monoisotopic (exact) mass is 383 g/mol. The molecule has 0 aliphatic rings. The van der Waals surface area contributed by atoms with Crippen molar-refractivity contribution in [2.45, 2.75) is 0 Å². The van der Waals surface area contributed by atoms with Crippen molar-refractivity contribution < 1.29 is 4.42 Å². The Labute approximate surface area is 179 Å². The molecule has 0 radical (unpaired) electrons. The van der Waals surface area contributed by atoms with Crippen LogP contribution in [0, 0.1) is 0 Å². The van der Waals surface area contributed by atoms with Crippen molar-refractivity contribution in [3.8, 4) is 22.8 Å². The molecule has 30 heavy (non-hydrogen) atoms. The summed E-state index contributed by atoms with van der Waals surface area (Å²) in [5.74, 6) is 1.33. The molecule has 0 aliphatic carbocycles. The molecule has 0 atom stereocenters. The van der Waals surface area contributed by atoms with Crippen molar-refractivity contribution in [1.82, 2.24) is 15.0 Å². The Bertz CT molecular complexity index is 1440. The fourth-order valence-electron chi connectivity index (χ4n) is 4.31. The highest BCUT2D eigenvalue weighted by atomic mass is 16.3. The van der Waals surface area contributed by atoms with Crippen molar-refractivity contribution in [2.75, 3.05) is 0 Å². The van der Waals surface area contributed by atoms with Gasteiger partial charge in [-0.1, -0.05) is 41.3 Å². The van der Waals surface area contributed by atoms with Gasteiger partial charge in [0.2, 0.25) is 0 Å². The van der Waals surface area contributed by atoms with Gasteiger partial charge in [-0.05, 0) is 12.1 Å². The van der Waals surface area contributed by atoms with Crippen LogP contribution >= 0.6 is 0 Å². The maximum Gasteiger partial charge on any atom is 0.167 e. The molecule has 0 amide bonds. The molecule has 138 valence electrons. The van der Waals surface area contributed by atoms with E-state index < -0.39 is 0 Å². The van der Waals surface area contributed by atoms with Crippen molar-refractivity contribution in [3.63, 3.8) is 0 Å². The maximum absolute atomic E-state index is 6.18. The molecule has 0 aliphatic heterocycles. The molecule has 5 aromatic rings. The van der Waals surface area contributed by atoms with Crippen LogP contribution in [0.1, 0.15) is 0 Å². The van der Waals surface area contributed by atoms with Crippen LogP contribution in [0.2, 0.25) is 0 Å². The fraction of sp³-hybridized carbons (Fsp3) is 0. The third-order valence-corrected chi connectivity index (χ3v) is 6.44. The molecule has 0 saturated carbocycles. The van der Waals surface area contributed by atoms with Crippen LogP contribution in [0.25, 0.3) is 44.7 Å². The van der Waals surface area contributed by atoms with E-state index in [9.17, 15) is 0 Å². The van der Waals surface area contributed by atoms with Gasteiger partial charge in [0.15, 0.2) is 11.6 Å². The summed E-state index contributed by atoms with van der Waals surface area (Å²) >= 11 is 0. The summed E-state index contributed by atoms with van der Waals surface area (Å²) in [5.41, 5.74) is 9.98. The Hall–Kier alpha value is -3.21. The standard InChI is InChI=1S/C21H18B5N3O/c22-14-13(15(23)17(25)18(26)16(14)24)21-28-8-27-20(29-21)11-6-3-5-10-9-4-1-2-7-12(9)30-19(10)11/h1-8H,22-26H2. The van der Waals surface area contributed by atoms with Gasteiger partial charge in [-0.15, -0.1) is 16.4 Å². The lowest BCUT2D eigenvalue weighted by molar-refractivity contribution is 0.669. The summed E-state index contributed by atoms with van der Waals surface area (Å²) in [5, 5.41) is 2.17. The third-order valence-electron chi connectivity index (χ3n) is 6.44. The normalized spacial score (nSPS) is 11.3. The van der Waals surface area contributed by atoms with Crippen LogP contribution in [0.4, 0.5) is 0 Å². The second kappa shape index (κ2) is 6.94. The van der Waals surface area contributed by atoms with E-state index in [-0.39, 0.29) is 0 Å². The average molecular weight is 382 g/mol. The van der Waals surface area contributed by atoms with E-state index in [0.717, 1.165) is 33.1 Å². The molecule has 9 heteroatoms. The van der Waals surface area contributed by atoms with Gasteiger partial charge in [0.1, 0.15) is 56.7 Å². The molecule has 0 fully saturated rings. The highest BCUT2D eigenvalue weighted by Crippen LogP contribution is 2.34. The topological polar surface area (TPSA) is 51.8 Å². The van der Waals surface area contributed by atoms with Crippen LogP contribution in [0.3, 0.4) is 0 Å². The summed E-state index contributed by atoms with van der Waals surface area (Å²) in [6.07, 6.45) is 1.60. The quantitative estimate of drug-likeness (QED) is 0.296. The first-order chi connectivity index (χ1) is 14.5. The Morgan fingerprint density at radius 3 is 2.03 bits per heavy atom. The van der Waals surface area contributed by atoms with E-state index in [1.807, 2.05) is 30.3 Å². The second-order valence-corrected chi connectivity index (χ2v) is 7.91. The Kier molecular flexibility index (Phi) is 4.35. The predicted octanol–water partition coefficient (Wildman–Crippen LogP) is -3.60. The van der Waals surface area contributed by atoms with Crippen molar-refractivity contribution in [1.29, 1.82) is 0 Å². The smallest absolute Gasteiger partial charge is 0.167 e. The molecule has 0 spiro atoms. The van der Waals surface area contributed by atoms with Gasteiger partial charge in [0.05, 0.1) is 5.56 Å². The lowest BCUT2D eigenvalue weighted by Crippen LogP contribution is -2.55. The van der Waals surface area contributed by atoms with Crippen LogP contribution in [-0.2, 0) is 0 Å². The van der Waals surface area contributed by atoms with Gasteiger partial charge in [-0.2, -0.15) is 0 Å². The number of para-hydroxylation sites is 2. The summed E-state index contributed by atoms with van der Waals surface area (Å²) < 4.78 is 6.18. The van der Waals surface area contributed by atoms with Gasteiger partial charge >= 0.3 is 0 Å². The third kappa shape index (κ3) is 2.72. The van der Waals surface area contributed by atoms with E-state index in [4.69, 9.17) is 9.40 Å². The van der Waals surface area contributed by atoms with Crippen LogP contribution in [-0.4, -0.2) is 54.2 Å². The number of aromatic nitrogens is 3. The molecule has 0 N–H and O–H groups in total. The largest absolute Gasteiger partial charge is 0.455 e. The minimum Gasteiger partial charge on any atom is -0.455 e. The van der Waals surface area contributed by atoms with Crippen LogP contribution < -0.4 is 27.3 Å². The summed E-state index contributed by atoms with van der Waals surface area (Å²) in [7, 11) is 10.8. The summed E-state index contributed by atoms with van der Waals surface area (Å²) in [6, 6.07) is 14.2. The summed E-state index contributed by atoms with van der Waals surface area (Å²) in [6.45, 7) is 0. The number of hydrogen-bond acceptors (Lipinski definition) is 4. The van der Waals surface area contributed by atoms with Gasteiger partial charge in [-0.25, -0.2) is 15.0 Å². The van der Waals surface area contributed by atoms with E-state index in [0.29, 0.717) is 11.6 Å². The zero-order valence-electron chi connectivity index (χ0n) is 17.9. The Balaban J connectivity index is 1.75. The van der Waals surface area contributed by atoms with E-state index in [1.165, 1.54) is 27.3 Å². The number of rotatable bonds is 2. The first-order valence-corrected chi connectivity index (χ1v) is 10.1. The van der Waals surface area contributed by atoms with Crippen molar-refractivity contribution in [3.05, 3.63) is 48.8 Å². The zero-order valence-corrected chi connectivity index (χ0v) is 17.9. The van der Waals surface area contributed by atoms with Gasteiger partial charge in [-0.3, -0.25) is 0 Å². The first kappa shape index (κ1) is 18.8. The average Bonchev–Trinajstić information content (AvgIpc) is 3.15. The van der Waals surface area contributed by atoms with Crippen LogP contribution in [0.15, 0.2) is 53.2 Å². The predicted molar refractivity (Wildman–Crippen MR) is 139 cm³/mol. The van der Waals surface area contributed by atoms with Gasteiger partial charge in [0, 0.05) is 16.3 Å². The molecule has 4 nitrogen and oxygen atoms in total. The SMILES string of the molecule is Bc1c(B)c(B)c(-c2ncnc(-c3cccc4c3oc3ccccc34)n2)c(B)c1B. The second-order valence-electron chi connectivity index (χ2n) is 7.91. The maximum atomic E-state index is 6.18. The summed E-state index contributed by atoms with van der Waals surface area (Å²) in [4.78, 5) is 13.9. The highest BCUT2D eigenvalue weighted by Gasteiger charge is 2.18. The lowest BCUT2D eigenvalue weighted by atomic mass is 9.60. The minimum atomic E-state index is 0.624. The molecule has 0 saturated heterocycles. The Morgan fingerprint density at radius 2 is 1.27 bits per heavy atom. The molecule has 2 aromatic heterocycles. The number of hydrogen-bond donors (Lipinski definition) is 0. The van der Waals surface area contributed by atoms with E-state index >= 15 is 0 Å². The molecule has 5 rings (SSSR count). The number of furan rings is 1. The Morgan fingerprint density at radius 1 is 0.633 bits per heavy atom. The van der Waals surface area contributed by atoms with Gasteiger partial charge < -0.3 is 4.42 Å². The molecule has 3 aromatic carbocycles. The van der Waals surface area contributed by atoms with Gasteiger partial charge in [0.25, 0.3) is 0 Å². The highest BCUT2D eigenvalue weighted by molar-refractivity contribution is 6.68. The van der Waals surface area contributed by atoms with Crippen LogP contribution in [0.5, 0.6) is 0 Å². The molecular weight excluding hydrogens is 364 g/mol. The first-order valence-electron chi connectivity index (χ1n) is 10.1. The van der Waals surface area contributed by atoms with Crippen molar-refractivity contribution in [2.24, 2.45) is 0 Å². The van der Waals surface area contributed by atoms with E-state index in [2.05, 4.69) is 61.3 Å². The molecule has 0 bridgehead atoms. The lowest BCUT2D eigenvalue weighted by Gasteiger charge is -2.19. The molecule has 2 heterocycles. The number of fused-ring (bicyclic) bond motifs is 3. The molecule has 0 unspecified atom stereocenters. The van der Waals surface area contributed by atoms with E-state index in [1.54, 1.807) is 6.33 Å². The number of benzene rings is 3. The zero-order chi connectivity index (χ0) is 21.0. The minimum absolute atomic E-state index is 0.624. The van der Waals surface area contributed by atoms with Crippen molar-refractivity contribution >= 4 is 88.5 Å². The fourth-order valence-corrected chi connectivity index (χ4v) is 4.31.